The summed E-state index contributed by atoms with van der Waals surface area (Å²) in [4.78, 5) is 12.0. The Morgan fingerprint density at radius 1 is 1.33 bits per heavy atom. The minimum atomic E-state index is 0.202. The molecule has 0 aliphatic heterocycles. The van der Waals surface area contributed by atoms with E-state index in [0.29, 0.717) is 0 Å². The van der Waals surface area contributed by atoms with Crippen LogP contribution in [0.2, 0.25) is 0 Å². The third kappa shape index (κ3) is 2.98. The summed E-state index contributed by atoms with van der Waals surface area (Å²) in [6.07, 6.45) is 9.50. The average molecular weight is 247 g/mol. The normalized spacial score (nSPS) is 12.8. The lowest BCUT2D eigenvalue weighted by Gasteiger charge is -2.16. The zero-order valence-corrected chi connectivity index (χ0v) is 11.1. The van der Waals surface area contributed by atoms with Crippen LogP contribution in [0.3, 0.4) is 0 Å². The molecular weight excluding hydrogens is 226 g/mol. The predicted octanol–water partition coefficient (Wildman–Crippen LogP) is 1.91. The Kier molecular flexibility index (Phi) is 4.52. The molecule has 2 N–H and O–H groups in total. The molecule has 2 rings (SSSR count). The van der Waals surface area contributed by atoms with Crippen LogP contribution in [0.15, 0.2) is 24.8 Å². The molecule has 18 heavy (non-hydrogen) atoms. The van der Waals surface area contributed by atoms with Gasteiger partial charge in [0.15, 0.2) is 0 Å². The zero-order chi connectivity index (χ0) is 12.8. The lowest BCUT2D eigenvalue weighted by molar-refractivity contribution is 0.488. The standard InChI is InChI=1S/C13H21N5/c1-3-5-14-11(13-16-6-7-17-13)10-12-15-8-9-18(12)4-2/h6-9,11,14H,3-5,10H2,1-2H3,(H,16,17). The maximum absolute atomic E-state index is 4.43. The van der Waals surface area contributed by atoms with Crippen molar-refractivity contribution in [3.63, 3.8) is 0 Å². The van der Waals surface area contributed by atoms with Crippen molar-refractivity contribution in [3.8, 4) is 0 Å². The molecule has 0 aliphatic rings. The van der Waals surface area contributed by atoms with Crippen molar-refractivity contribution < 1.29 is 0 Å². The third-order valence-corrected chi connectivity index (χ3v) is 3.02. The molecule has 1 atom stereocenters. The van der Waals surface area contributed by atoms with E-state index in [-0.39, 0.29) is 6.04 Å². The summed E-state index contributed by atoms with van der Waals surface area (Å²) in [5.41, 5.74) is 0. The van der Waals surface area contributed by atoms with Crippen LogP contribution in [0, 0.1) is 0 Å². The summed E-state index contributed by atoms with van der Waals surface area (Å²) in [5.74, 6) is 2.08. The van der Waals surface area contributed by atoms with Crippen LogP contribution in [-0.2, 0) is 13.0 Å². The molecule has 0 radical (unpaired) electrons. The zero-order valence-electron chi connectivity index (χ0n) is 11.1. The molecule has 0 aromatic carbocycles. The lowest BCUT2D eigenvalue weighted by Crippen LogP contribution is -2.26. The van der Waals surface area contributed by atoms with E-state index in [9.17, 15) is 0 Å². The number of nitrogens with one attached hydrogen (secondary N) is 2. The second-order valence-corrected chi connectivity index (χ2v) is 4.31. The quantitative estimate of drug-likeness (QED) is 0.785. The van der Waals surface area contributed by atoms with Gasteiger partial charge in [-0.1, -0.05) is 6.92 Å². The van der Waals surface area contributed by atoms with Gasteiger partial charge in [-0.05, 0) is 19.9 Å². The van der Waals surface area contributed by atoms with Gasteiger partial charge in [0, 0.05) is 37.8 Å². The van der Waals surface area contributed by atoms with E-state index in [1.807, 2.05) is 18.6 Å². The second-order valence-electron chi connectivity index (χ2n) is 4.31. The van der Waals surface area contributed by atoms with Gasteiger partial charge in [-0.3, -0.25) is 0 Å². The number of nitrogens with zero attached hydrogens (tertiary/aromatic N) is 3. The summed E-state index contributed by atoms with van der Waals surface area (Å²) >= 11 is 0. The molecule has 5 heteroatoms. The van der Waals surface area contributed by atoms with E-state index >= 15 is 0 Å². The van der Waals surface area contributed by atoms with Gasteiger partial charge in [-0.15, -0.1) is 0 Å². The molecule has 2 aromatic heterocycles. The Bertz CT molecular complexity index is 446. The largest absolute Gasteiger partial charge is 0.347 e. The van der Waals surface area contributed by atoms with Crippen LogP contribution in [0.4, 0.5) is 0 Å². The van der Waals surface area contributed by atoms with Crippen molar-refractivity contribution in [2.24, 2.45) is 0 Å². The van der Waals surface area contributed by atoms with E-state index in [0.717, 1.165) is 37.6 Å². The van der Waals surface area contributed by atoms with E-state index in [2.05, 4.69) is 38.7 Å². The van der Waals surface area contributed by atoms with Crippen LogP contribution in [0.1, 0.15) is 38.0 Å². The first-order valence-corrected chi connectivity index (χ1v) is 6.57. The average Bonchev–Trinajstić information content (AvgIpc) is 3.04. The van der Waals surface area contributed by atoms with Crippen molar-refractivity contribution in [3.05, 3.63) is 36.4 Å². The molecule has 0 bridgehead atoms. The number of hydrogen-bond donors (Lipinski definition) is 2. The SMILES string of the molecule is CCCNC(Cc1nccn1CC)c1ncc[nH]1. The Hall–Kier alpha value is -1.62. The summed E-state index contributed by atoms with van der Waals surface area (Å²) < 4.78 is 2.17. The minimum Gasteiger partial charge on any atom is -0.347 e. The summed E-state index contributed by atoms with van der Waals surface area (Å²) in [7, 11) is 0. The highest BCUT2D eigenvalue weighted by Crippen LogP contribution is 2.14. The van der Waals surface area contributed by atoms with Crippen molar-refractivity contribution in [1.29, 1.82) is 0 Å². The van der Waals surface area contributed by atoms with Crippen LogP contribution >= 0.6 is 0 Å². The molecule has 0 saturated carbocycles. The molecule has 2 heterocycles. The Balaban J connectivity index is 2.10. The Labute approximate surface area is 108 Å². The van der Waals surface area contributed by atoms with Crippen molar-refractivity contribution in [2.75, 3.05) is 6.54 Å². The van der Waals surface area contributed by atoms with Gasteiger partial charge in [0.2, 0.25) is 0 Å². The maximum Gasteiger partial charge on any atom is 0.123 e. The fourth-order valence-corrected chi connectivity index (χ4v) is 2.05. The van der Waals surface area contributed by atoms with Gasteiger partial charge in [-0.2, -0.15) is 0 Å². The number of hydrogen-bond acceptors (Lipinski definition) is 3. The fraction of sp³-hybridized carbons (Fsp3) is 0.538. The number of aryl methyl sites for hydroxylation is 1. The van der Waals surface area contributed by atoms with Crippen molar-refractivity contribution in [1.82, 2.24) is 24.8 Å². The maximum atomic E-state index is 4.43. The predicted molar refractivity (Wildman–Crippen MR) is 71.2 cm³/mol. The Morgan fingerprint density at radius 3 is 2.89 bits per heavy atom. The van der Waals surface area contributed by atoms with Gasteiger partial charge in [0.1, 0.15) is 11.6 Å². The number of aromatic nitrogens is 4. The van der Waals surface area contributed by atoms with Gasteiger partial charge in [0.25, 0.3) is 0 Å². The summed E-state index contributed by atoms with van der Waals surface area (Å²) in [6.45, 7) is 6.23. The molecule has 0 fully saturated rings. The van der Waals surface area contributed by atoms with Gasteiger partial charge in [-0.25, -0.2) is 9.97 Å². The molecule has 1 unspecified atom stereocenters. The first-order valence-electron chi connectivity index (χ1n) is 6.57. The number of aromatic amines is 1. The number of H-pyrrole nitrogens is 1. The minimum absolute atomic E-state index is 0.202. The van der Waals surface area contributed by atoms with Gasteiger partial charge >= 0.3 is 0 Å². The van der Waals surface area contributed by atoms with E-state index < -0.39 is 0 Å². The van der Waals surface area contributed by atoms with Crippen LogP contribution in [0.5, 0.6) is 0 Å². The number of imidazole rings is 2. The topological polar surface area (TPSA) is 58.5 Å². The van der Waals surface area contributed by atoms with E-state index in [1.54, 1.807) is 6.20 Å². The highest BCUT2D eigenvalue weighted by Gasteiger charge is 2.16. The van der Waals surface area contributed by atoms with Crippen molar-refractivity contribution in [2.45, 2.75) is 39.3 Å². The third-order valence-electron chi connectivity index (χ3n) is 3.02. The first-order chi connectivity index (χ1) is 8.85. The summed E-state index contributed by atoms with van der Waals surface area (Å²) in [6, 6.07) is 0.202. The molecule has 0 spiro atoms. The molecule has 0 aliphatic carbocycles. The van der Waals surface area contributed by atoms with Crippen LogP contribution in [0.25, 0.3) is 0 Å². The molecule has 0 saturated heterocycles. The highest BCUT2D eigenvalue weighted by atomic mass is 15.1. The van der Waals surface area contributed by atoms with E-state index in [1.165, 1.54) is 0 Å². The lowest BCUT2D eigenvalue weighted by atomic mass is 10.1. The molecule has 0 amide bonds. The first kappa shape index (κ1) is 12.8. The summed E-state index contributed by atoms with van der Waals surface area (Å²) in [5, 5.41) is 3.51. The highest BCUT2D eigenvalue weighted by molar-refractivity contribution is 5.03. The Morgan fingerprint density at radius 2 is 2.22 bits per heavy atom. The molecule has 2 aromatic rings. The van der Waals surface area contributed by atoms with Crippen LogP contribution < -0.4 is 5.32 Å². The molecule has 98 valence electrons. The van der Waals surface area contributed by atoms with Gasteiger partial charge in [0.05, 0.1) is 6.04 Å². The van der Waals surface area contributed by atoms with Crippen molar-refractivity contribution >= 4 is 0 Å². The molecule has 5 nitrogen and oxygen atoms in total. The van der Waals surface area contributed by atoms with E-state index in [4.69, 9.17) is 0 Å². The number of rotatable bonds is 7. The molecular formula is C13H21N5. The van der Waals surface area contributed by atoms with Gasteiger partial charge < -0.3 is 14.9 Å². The monoisotopic (exact) mass is 247 g/mol. The van der Waals surface area contributed by atoms with Crippen LogP contribution in [-0.4, -0.2) is 26.1 Å². The second kappa shape index (κ2) is 6.35. The fourth-order valence-electron chi connectivity index (χ4n) is 2.05. The smallest absolute Gasteiger partial charge is 0.123 e.